The van der Waals surface area contributed by atoms with Gasteiger partial charge < -0.3 is 10.0 Å². The van der Waals surface area contributed by atoms with E-state index in [1.54, 1.807) is 0 Å². The number of piperidine rings is 1. The summed E-state index contributed by atoms with van der Waals surface area (Å²) in [4.78, 5) is 13.2. The van der Waals surface area contributed by atoms with Crippen LogP contribution < -0.4 is 0 Å². The van der Waals surface area contributed by atoms with E-state index in [0.717, 1.165) is 19.4 Å². The first kappa shape index (κ1) is 10.5. The molecule has 1 aliphatic heterocycles. The lowest BCUT2D eigenvalue weighted by Gasteiger charge is -2.39. The number of aliphatic carboxylic acids is 1. The van der Waals surface area contributed by atoms with Crippen molar-refractivity contribution in [2.45, 2.75) is 32.7 Å². The summed E-state index contributed by atoms with van der Waals surface area (Å²) in [5, 5.41) is 9.05. The molecule has 0 aromatic heterocycles. The number of carboxylic acids is 1. The topological polar surface area (TPSA) is 40.5 Å². The summed E-state index contributed by atoms with van der Waals surface area (Å²) in [7, 11) is 2.03. The number of hydrogen-bond donors (Lipinski definition) is 1. The van der Waals surface area contributed by atoms with Crippen LogP contribution in [0.2, 0.25) is 0 Å². The molecule has 1 N–H and O–H groups in total. The first-order valence-corrected chi connectivity index (χ1v) is 4.97. The third-order valence-corrected chi connectivity index (χ3v) is 2.95. The second kappa shape index (κ2) is 4.09. The summed E-state index contributed by atoms with van der Waals surface area (Å²) in [6.45, 7) is 5.23. The van der Waals surface area contributed by atoms with E-state index >= 15 is 0 Å². The Morgan fingerprint density at radius 3 is 2.54 bits per heavy atom. The highest BCUT2D eigenvalue weighted by molar-refractivity contribution is 5.71. The summed E-state index contributed by atoms with van der Waals surface area (Å²) in [5.41, 5.74) is 0. The van der Waals surface area contributed by atoms with E-state index < -0.39 is 5.97 Å². The molecule has 2 unspecified atom stereocenters. The lowest BCUT2D eigenvalue weighted by molar-refractivity contribution is -0.146. The molecule has 0 radical (unpaired) electrons. The van der Waals surface area contributed by atoms with Gasteiger partial charge in [0.05, 0.1) is 5.92 Å². The van der Waals surface area contributed by atoms with Crippen molar-refractivity contribution in [2.75, 3.05) is 13.6 Å². The van der Waals surface area contributed by atoms with E-state index in [-0.39, 0.29) is 12.0 Å². The summed E-state index contributed by atoms with van der Waals surface area (Å²) < 4.78 is 0. The van der Waals surface area contributed by atoms with Gasteiger partial charge in [-0.1, -0.05) is 13.8 Å². The maximum Gasteiger partial charge on any atom is 0.308 e. The van der Waals surface area contributed by atoms with Crippen LogP contribution in [-0.4, -0.2) is 35.6 Å². The molecule has 1 rings (SSSR count). The standard InChI is InChI=1S/C10H19NO2/c1-7(2)9-8(10(12)13)5-4-6-11(9)3/h7-9H,4-6H2,1-3H3,(H,12,13). The van der Waals surface area contributed by atoms with Gasteiger partial charge in [0, 0.05) is 6.04 Å². The van der Waals surface area contributed by atoms with Crippen LogP contribution in [0.1, 0.15) is 26.7 Å². The normalized spacial score (nSPS) is 30.8. The summed E-state index contributed by atoms with van der Waals surface area (Å²) >= 11 is 0. The van der Waals surface area contributed by atoms with Gasteiger partial charge in [-0.15, -0.1) is 0 Å². The van der Waals surface area contributed by atoms with Crippen LogP contribution in [0.5, 0.6) is 0 Å². The molecule has 3 heteroatoms. The third kappa shape index (κ3) is 2.21. The predicted octanol–water partition coefficient (Wildman–Crippen LogP) is 1.44. The third-order valence-electron chi connectivity index (χ3n) is 2.95. The Bertz CT molecular complexity index is 191. The molecule has 0 bridgehead atoms. The van der Waals surface area contributed by atoms with E-state index in [0.29, 0.717) is 5.92 Å². The molecule has 0 spiro atoms. The smallest absolute Gasteiger partial charge is 0.308 e. The van der Waals surface area contributed by atoms with Gasteiger partial charge in [-0.3, -0.25) is 4.79 Å². The molecule has 0 saturated carbocycles. The van der Waals surface area contributed by atoms with Gasteiger partial charge in [0.15, 0.2) is 0 Å². The molecule has 1 fully saturated rings. The Balaban J connectivity index is 2.74. The average Bonchev–Trinajstić information content (AvgIpc) is 2.02. The van der Waals surface area contributed by atoms with Gasteiger partial charge in [0.2, 0.25) is 0 Å². The molecule has 1 saturated heterocycles. The zero-order chi connectivity index (χ0) is 10.0. The van der Waals surface area contributed by atoms with Crippen molar-refractivity contribution >= 4 is 5.97 Å². The summed E-state index contributed by atoms with van der Waals surface area (Å²) in [6, 6.07) is 0.214. The van der Waals surface area contributed by atoms with Crippen LogP contribution in [0.4, 0.5) is 0 Å². The first-order valence-electron chi connectivity index (χ1n) is 4.97. The largest absolute Gasteiger partial charge is 0.481 e. The van der Waals surface area contributed by atoms with Crippen molar-refractivity contribution in [3.05, 3.63) is 0 Å². The second-order valence-electron chi connectivity index (χ2n) is 4.30. The van der Waals surface area contributed by atoms with Crippen molar-refractivity contribution in [1.29, 1.82) is 0 Å². The minimum atomic E-state index is -0.634. The molecule has 0 amide bonds. The molecule has 0 aliphatic carbocycles. The van der Waals surface area contributed by atoms with Crippen molar-refractivity contribution in [3.63, 3.8) is 0 Å². The predicted molar refractivity (Wildman–Crippen MR) is 51.6 cm³/mol. The highest BCUT2D eigenvalue weighted by atomic mass is 16.4. The average molecular weight is 185 g/mol. The molecule has 0 aromatic rings. The molecule has 3 nitrogen and oxygen atoms in total. The highest BCUT2D eigenvalue weighted by Gasteiger charge is 2.35. The van der Waals surface area contributed by atoms with Crippen molar-refractivity contribution < 1.29 is 9.90 Å². The van der Waals surface area contributed by atoms with Gasteiger partial charge in [-0.05, 0) is 32.4 Å². The summed E-state index contributed by atoms with van der Waals surface area (Å²) in [5.74, 6) is -0.379. The van der Waals surface area contributed by atoms with Crippen LogP contribution in [0, 0.1) is 11.8 Å². The SMILES string of the molecule is CC(C)C1C(C(=O)O)CCCN1C. The molecule has 2 atom stereocenters. The van der Waals surface area contributed by atoms with E-state index in [9.17, 15) is 4.79 Å². The monoisotopic (exact) mass is 185 g/mol. The van der Waals surface area contributed by atoms with Crippen molar-refractivity contribution in [3.8, 4) is 0 Å². The van der Waals surface area contributed by atoms with E-state index in [1.165, 1.54) is 0 Å². The van der Waals surface area contributed by atoms with Gasteiger partial charge >= 0.3 is 5.97 Å². The Morgan fingerprint density at radius 1 is 1.54 bits per heavy atom. The molecule has 1 aliphatic rings. The van der Waals surface area contributed by atoms with Crippen LogP contribution in [-0.2, 0) is 4.79 Å². The number of hydrogen-bond acceptors (Lipinski definition) is 2. The van der Waals surface area contributed by atoms with Crippen LogP contribution >= 0.6 is 0 Å². The fourth-order valence-corrected chi connectivity index (χ4v) is 2.43. The zero-order valence-electron chi connectivity index (χ0n) is 8.66. The van der Waals surface area contributed by atoms with Gasteiger partial charge in [0.25, 0.3) is 0 Å². The quantitative estimate of drug-likeness (QED) is 0.707. The van der Waals surface area contributed by atoms with Gasteiger partial charge in [0.1, 0.15) is 0 Å². The van der Waals surface area contributed by atoms with Crippen LogP contribution in [0.15, 0.2) is 0 Å². The lowest BCUT2D eigenvalue weighted by Crippen LogP contribution is -2.48. The molecule has 0 aromatic carbocycles. The number of carboxylic acid groups (broad SMARTS) is 1. The minimum absolute atomic E-state index is 0.168. The van der Waals surface area contributed by atoms with E-state index in [1.807, 2.05) is 7.05 Å². The molecule has 13 heavy (non-hydrogen) atoms. The highest BCUT2D eigenvalue weighted by Crippen LogP contribution is 2.27. The molecule has 76 valence electrons. The Kier molecular flexibility index (Phi) is 3.31. The Morgan fingerprint density at radius 2 is 2.15 bits per heavy atom. The van der Waals surface area contributed by atoms with Crippen LogP contribution in [0.3, 0.4) is 0 Å². The Hall–Kier alpha value is -0.570. The van der Waals surface area contributed by atoms with E-state index in [4.69, 9.17) is 5.11 Å². The number of rotatable bonds is 2. The van der Waals surface area contributed by atoms with Crippen LogP contribution in [0.25, 0.3) is 0 Å². The van der Waals surface area contributed by atoms with Crippen molar-refractivity contribution in [1.82, 2.24) is 4.90 Å². The van der Waals surface area contributed by atoms with Gasteiger partial charge in [-0.2, -0.15) is 0 Å². The van der Waals surface area contributed by atoms with Gasteiger partial charge in [-0.25, -0.2) is 0 Å². The maximum absolute atomic E-state index is 11.0. The number of carbonyl (C=O) groups is 1. The lowest BCUT2D eigenvalue weighted by atomic mass is 9.83. The maximum atomic E-state index is 11.0. The Labute approximate surface area is 79.7 Å². The minimum Gasteiger partial charge on any atom is -0.481 e. The molecular formula is C10H19NO2. The summed E-state index contributed by atoms with van der Waals surface area (Å²) in [6.07, 6.45) is 1.85. The second-order valence-corrected chi connectivity index (χ2v) is 4.30. The van der Waals surface area contributed by atoms with E-state index in [2.05, 4.69) is 18.7 Å². The zero-order valence-corrected chi connectivity index (χ0v) is 8.66. The molecular weight excluding hydrogens is 166 g/mol. The number of nitrogens with zero attached hydrogens (tertiary/aromatic N) is 1. The van der Waals surface area contributed by atoms with Crippen molar-refractivity contribution in [2.24, 2.45) is 11.8 Å². The molecule has 1 heterocycles. The fraction of sp³-hybridized carbons (Fsp3) is 0.900. The fourth-order valence-electron chi connectivity index (χ4n) is 2.43. The number of likely N-dealkylation sites (tertiary alicyclic amines) is 1. The first-order chi connectivity index (χ1) is 6.04.